The van der Waals surface area contributed by atoms with Gasteiger partial charge in [0.2, 0.25) is 11.8 Å². The number of hydrogen-bond donors (Lipinski definition) is 3. The SMILES string of the molecule is CC.CC1(C)C(=O)N(c2ccc(C#N)c(C(F)(F)F)c2)C(=S)N1C1CCCCC1.C[C@@H]1CN(CCO)CCN1CC(=O)Nc1ccc(N2CCC(=O)NC2=O)nc1.[HH].[HH]. The van der Waals surface area contributed by atoms with Crippen LogP contribution in [0, 0.1) is 11.3 Å². The summed E-state index contributed by atoms with van der Waals surface area (Å²) in [6, 6.07) is 7.99. The van der Waals surface area contributed by atoms with Crippen molar-refractivity contribution in [3.05, 3.63) is 47.7 Å². The molecule has 1 saturated carbocycles. The Hall–Kier alpha value is -4.70. The zero-order valence-corrected chi connectivity index (χ0v) is 33.9. The topological polar surface area (TPSA) is 165 Å². The van der Waals surface area contributed by atoms with Crippen LogP contribution in [-0.4, -0.2) is 117 Å². The minimum absolute atomic E-state index is 0. The molecule has 18 heteroatoms. The standard InChI is InChI=1S/C19H20F3N3OS.C18H26N6O4.C2H6.2H2/c1-18(2)16(26)24(17(27)25(18)13-6-4-3-5-7-13)14-9-8-12(11-23)15(10-14)19(20,21)22;1-13-11-22(8-9-25)6-7-23(13)12-17(27)20-14-2-3-15(19-10-14)24-5-4-16(26)21-18(24)28;1-2;;/h8-10,13H,3-7H2,1-2H3;2-3,10,13,25H,4-9,11-12H2,1H3,(H,20,27)(H,21,26,28);1-2H3;2*1H/t;13-;;;/m.1.../s1. The number of β-amino-alcohol motifs (C(OH)–C–C–N with tert-alkyl or cyclic N) is 1. The number of amides is 5. The average molecular weight is 820 g/mol. The van der Waals surface area contributed by atoms with Gasteiger partial charge in [-0.3, -0.25) is 39.3 Å². The number of alkyl halides is 3. The predicted octanol–water partition coefficient (Wildman–Crippen LogP) is 5.60. The van der Waals surface area contributed by atoms with Crippen LogP contribution in [0.4, 0.5) is 35.2 Å². The normalized spacial score (nSPS) is 20.6. The fraction of sp³-hybridized carbons (Fsp3) is 0.564. The first-order valence-corrected chi connectivity index (χ1v) is 19.7. The van der Waals surface area contributed by atoms with E-state index in [1.54, 1.807) is 32.0 Å². The Balaban J connectivity index is 0.000000378. The number of aliphatic hydroxyl groups is 1. The summed E-state index contributed by atoms with van der Waals surface area (Å²) in [5, 5.41) is 23.3. The number of hydrogen-bond acceptors (Lipinski definition) is 10. The van der Waals surface area contributed by atoms with Gasteiger partial charge in [0, 0.05) is 54.1 Å². The lowest BCUT2D eigenvalue weighted by Gasteiger charge is -2.39. The van der Waals surface area contributed by atoms with E-state index in [9.17, 15) is 32.3 Å². The number of carbonyl (C=O) groups excluding carboxylic acids is 4. The van der Waals surface area contributed by atoms with Crippen molar-refractivity contribution < 1.29 is 40.3 Å². The summed E-state index contributed by atoms with van der Waals surface area (Å²) in [5.41, 5.74) is -1.87. The number of nitrogens with one attached hydrogen (secondary N) is 2. The molecule has 1 aromatic heterocycles. The summed E-state index contributed by atoms with van der Waals surface area (Å²) in [7, 11) is 0. The number of urea groups is 1. The van der Waals surface area contributed by atoms with Crippen LogP contribution in [-0.2, 0) is 20.6 Å². The molecule has 57 heavy (non-hydrogen) atoms. The van der Waals surface area contributed by atoms with Crippen molar-refractivity contribution in [2.75, 3.05) is 61.0 Å². The van der Waals surface area contributed by atoms with Crippen molar-refractivity contribution in [1.82, 2.24) is 25.0 Å². The van der Waals surface area contributed by atoms with Crippen LogP contribution >= 0.6 is 12.2 Å². The molecule has 0 radical (unpaired) electrons. The van der Waals surface area contributed by atoms with Gasteiger partial charge < -0.3 is 15.3 Å². The molecule has 4 aliphatic rings. The van der Waals surface area contributed by atoms with Crippen molar-refractivity contribution in [1.29, 1.82) is 5.26 Å². The molecule has 3 saturated heterocycles. The van der Waals surface area contributed by atoms with Crippen molar-refractivity contribution >= 4 is 58.3 Å². The van der Waals surface area contributed by atoms with Gasteiger partial charge in [0.1, 0.15) is 11.4 Å². The number of carbonyl (C=O) groups is 4. The molecule has 0 unspecified atom stereocenters. The lowest BCUT2D eigenvalue weighted by atomic mass is 9.91. The molecule has 1 atom stereocenters. The third-order valence-corrected chi connectivity index (χ3v) is 10.7. The number of piperazine rings is 1. The van der Waals surface area contributed by atoms with Crippen LogP contribution in [0.1, 0.15) is 87.1 Å². The molecule has 2 aromatic rings. The highest BCUT2D eigenvalue weighted by Gasteiger charge is 2.52. The number of nitrogens with zero attached hydrogens (tertiary/aromatic N) is 7. The second-order valence-electron chi connectivity index (χ2n) is 14.5. The zero-order chi connectivity index (χ0) is 42.1. The van der Waals surface area contributed by atoms with Gasteiger partial charge in [-0.05, 0) is 76.2 Å². The Morgan fingerprint density at radius 2 is 1.81 bits per heavy atom. The Labute approximate surface area is 339 Å². The van der Waals surface area contributed by atoms with Crippen LogP contribution < -0.4 is 20.4 Å². The van der Waals surface area contributed by atoms with Gasteiger partial charge >= 0.3 is 12.2 Å². The molecule has 314 valence electrons. The van der Waals surface area contributed by atoms with E-state index in [2.05, 4.69) is 32.3 Å². The predicted molar refractivity (Wildman–Crippen MR) is 218 cm³/mol. The largest absolute Gasteiger partial charge is 0.417 e. The molecular weight excluding hydrogens is 764 g/mol. The summed E-state index contributed by atoms with van der Waals surface area (Å²) in [6.07, 6.45) is 2.09. The van der Waals surface area contributed by atoms with Gasteiger partial charge in [0.25, 0.3) is 5.91 Å². The second-order valence-corrected chi connectivity index (χ2v) is 14.9. The number of benzene rings is 1. The molecular formula is C39H56F3N9O5S. The highest BCUT2D eigenvalue weighted by Crippen LogP contribution is 2.40. The van der Waals surface area contributed by atoms with Crippen LogP contribution in [0.5, 0.6) is 0 Å². The average Bonchev–Trinajstić information content (AvgIpc) is 3.36. The Morgan fingerprint density at radius 1 is 1.11 bits per heavy atom. The number of halogens is 3. The molecule has 14 nitrogen and oxygen atoms in total. The summed E-state index contributed by atoms with van der Waals surface area (Å²) in [4.78, 5) is 61.5. The molecule has 1 aliphatic carbocycles. The number of imide groups is 1. The number of nitriles is 1. The monoisotopic (exact) mass is 819 g/mol. The number of rotatable bonds is 8. The van der Waals surface area contributed by atoms with Crippen molar-refractivity contribution in [2.24, 2.45) is 0 Å². The van der Waals surface area contributed by atoms with Gasteiger partial charge in [0.05, 0.1) is 47.9 Å². The minimum Gasteiger partial charge on any atom is -0.395 e. The molecule has 3 N–H and O–H groups in total. The van der Waals surface area contributed by atoms with Gasteiger partial charge in [0.15, 0.2) is 5.11 Å². The maximum absolute atomic E-state index is 13.3. The third-order valence-electron chi connectivity index (χ3n) is 10.3. The zero-order valence-electron chi connectivity index (χ0n) is 33.1. The van der Waals surface area contributed by atoms with Crippen molar-refractivity contribution in [3.8, 4) is 6.07 Å². The van der Waals surface area contributed by atoms with Gasteiger partial charge in [-0.15, -0.1) is 0 Å². The van der Waals surface area contributed by atoms with E-state index in [4.69, 9.17) is 22.6 Å². The fourth-order valence-electron chi connectivity index (χ4n) is 7.43. The number of aromatic nitrogens is 1. The molecule has 3 aliphatic heterocycles. The number of thiocarbonyl (C=S) groups is 1. The maximum atomic E-state index is 13.3. The number of pyridine rings is 1. The smallest absolute Gasteiger partial charge is 0.395 e. The molecule has 4 fully saturated rings. The molecule has 4 heterocycles. The summed E-state index contributed by atoms with van der Waals surface area (Å²) in [5.74, 6) is -0.345. The Bertz CT molecular complexity index is 1830. The summed E-state index contributed by atoms with van der Waals surface area (Å²) >= 11 is 5.53. The van der Waals surface area contributed by atoms with E-state index in [1.807, 2.05) is 18.7 Å². The van der Waals surface area contributed by atoms with Crippen molar-refractivity contribution in [2.45, 2.75) is 96.9 Å². The van der Waals surface area contributed by atoms with E-state index in [-0.39, 0.29) is 69.6 Å². The highest BCUT2D eigenvalue weighted by molar-refractivity contribution is 7.80. The molecule has 0 spiro atoms. The van der Waals surface area contributed by atoms with Crippen LogP contribution in [0.2, 0.25) is 0 Å². The summed E-state index contributed by atoms with van der Waals surface area (Å²) < 4.78 is 40.0. The van der Waals surface area contributed by atoms with E-state index in [1.165, 1.54) is 22.1 Å². The summed E-state index contributed by atoms with van der Waals surface area (Å²) in [6.45, 7) is 13.4. The van der Waals surface area contributed by atoms with E-state index < -0.39 is 28.9 Å². The van der Waals surface area contributed by atoms with Gasteiger partial charge in [-0.2, -0.15) is 18.4 Å². The first kappa shape index (κ1) is 45.0. The third kappa shape index (κ3) is 10.8. The van der Waals surface area contributed by atoms with Gasteiger partial charge in [-0.25, -0.2) is 9.78 Å². The van der Waals surface area contributed by atoms with Crippen LogP contribution in [0.25, 0.3) is 0 Å². The number of anilines is 3. The first-order valence-electron chi connectivity index (χ1n) is 19.3. The second kappa shape index (κ2) is 19.6. The van der Waals surface area contributed by atoms with Crippen LogP contribution in [0.15, 0.2) is 36.5 Å². The number of aliphatic hydroxyl groups excluding tert-OH is 1. The molecule has 6 rings (SSSR count). The minimum atomic E-state index is -4.69. The quantitative estimate of drug-likeness (QED) is 0.284. The lowest BCUT2D eigenvalue weighted by molar-refractivity contribution is -0.137. The van der Waals surface area contributed by atoms with Gasteiger partial charge in [-0.1, -0.05) is 33.1 Å². The van der Waals surface area contributed by atoms with Crippen LogP contribution in [0.3, 0.4) is 0 Å². The molecule has 1 aromatic carbocycles. The van der Waals surface area contributed by atoms with E-state index in [0.29, 0.717) is 18.1 Å². The van der Waals surface area contributed by atoms with E-state index >= 15 is 0 Å². The lowest BCUT2D eigenvalue weighted by Crippen LogP contribution is -2.54. The van der Waals surface area contributed by atoms with Crippen molar-refractivity contribution in [3.63, 3.8) is 0 Å². The first-order chi connectivity index (χ1) is 27.0. The van der Waals surface area contributed by atoms with E-state index in [0.717, 1.165) is 63.9 Å². The Kier molecular flexibility index (Phi) is 15.5. The molecule has 0 bridgehead atoms. The molecule has 5 amide bonds. The fourth-order valence-corrected chi connectivity index (χ4v) is 8.00. The maximum Gasteiger partial charge on any atom is 0.417 e. The highest BCUT2D eigenvalue weighted by atomic mass is 32.1. The Morgan fingerprint density at radius 3 is 2.39 bits per heavy atom.